The molecule has 0 saturated carbocycles. The Hall–Kier alpha value is -3.27. The van der Waals surface area contributed by atoms with Gasteiger partial charge in [-0.2, -0.15) is 10.4 Å². The van der Waals surface area contributed by atoms with Crippen molar-refractivity contribution in [3.63, 3.8) is 0 Å². The maximum absolute atomic E-state index is 9.25. The maximum atomic E-state index is 9.25. The highest BCUT2D eigenvalue weighted by Gasteiger charge is 2.26. The van der Waals surface area contributed by atoms with Crippen LogP contribution in [0.1, 0.15) is 30.3 Å². The molecule has 1 N–H and O–H groups in total. The first-order valence-corrected chi connectivity index (χ1v) is 8.29. The fourth-order valence-corrected chi connectivity index (χ4v) is 3.21. The molecule has 25 heavy (non-hydrogen) atoms. The Bertz CT molecular complexity index is 897. The van der Waals surface area contributed by atoms with Gasteiger partial charge in [0.2, 0.25) is 0 Å². The van der Waals surface area contributed by atoms with Crippen molar-refractivity contribution in [2.75, 3.05) is 18.0 Å². The summed E-state index contributed by atoms with van der Waals surface area (Å²) >= 11 is 0. The van der Waals surface area contributed by atoms with Gasteiger partial charge in [0.25, 0.3) is 0 Å². The van der Waals surface area contributed by atoms with Gasteiger partial charge in [0.1, 0.15) is 11.9 Å². The first-order chi connectivity index (χ1) is 12.3. The fourth-order valence-electron chi connectivity index (χ4n) is 3.21. The van der Waals surface area contributed by atoms with Gasteiger partial charge < -0.3 is 4.90 Å². The fraction of sp³-hybridized carbons (Fsp3) is 0.278. The third kappa shape index (κ3) is 3.06. The van der Waals surface area contributed by atoms with Crippen LogP contribution in [-0.2, 0) is 0 Å². The number of hydrogen-bond acceptors (Lipinski definition) is 6. The van der Waals surface area contributed by atoms with Crippen LogP contribution in [0.15, 0.2) is 42.7 Å². The number of piperidine rings is 1. The third-order valence-electron chi connectivity index (χ3n) is 4.43. The number of H-pyrrole nitrogens is 1. The third-order valence-corrected chi connectivity index (χ3v) is 4.43. The topological polar surface area (TPSA) is 94.4 Å². The summed E-state index contributed by atoms with van der Waals surface area (Å²) in [6.45, 7) is 1.61. The largest absolute Gasteiger partial charge is 0.353 e. The van der Waals surface area contributed by atoms with Gasteiger partial charge in [0.05, 0.1) is 0 Å². The molecule has 1 saturated heterocycles. The highest BCUT2D eigenvalue weighted by Crippen LogP contribution is 2.29. The van der Waals surface area contributed by atoms with Crippen molar-refractivity contribution >= 4 is 5.82 Å². The van der Waals surface area contributed by atoms with Gasteiger partial charge in [-0.15, -0.1) is 0 Å². The summed E-state index contributed by atoms with van der Waals surface area (Å²) in [5.41, 5.74) is 1.36. The van der Waals surface area contributed by atoms with Gasteiger partial charge in [-0.05, 0) is 12.8 Å². The molecule has 1 atom stereocenters. The molecule has 0 bridgehead atoms. The summed E-state index contributed by atoms with van der Waals surface area (Å²) in [5.74, 6) is 2.47. The second-order valence-electron chi connectivity index (χ2n) is 6.04. The standard InChI is InChI=1S/C18H17N7/c19-11-15-18(21-9-8-20-15)25-10-4-7-14(12-25)17-22-16(23-24-17)13-5-2-1-3-6-13/h1-3,5-6,8-9,14H,4,7,10,12H2,(H,22,23,24)/t14-/m1/s1. The lowest BCUT2D eigenvalue weighted by Gasteiger charge is -2.32. The monoisotopic (exact) mass is 331 g/mol. The minimum Gasteiger partial charge on any atom is -0.353 e. The molecule has 3 heterocycles. The maximum Gasteiger partial charge on any atom is 0.183 e. The van der Waals surface area contributed by atoms with Crippen LogP contribution in [0.5, 0.6) is 0 Å². The Labute approximate surface area is 145 Å². The summed E-state index contributed by atoms with van der Waals surface area (Å²) in [5, 5.41) is 16.7. The van der Waals surface area contributed by atoms with E-state index in [1.54, 1.807) is 12.4 Å². The lowest BCUT2D eigenvalue weighted by Crippen LogP contribution is -2.36. The molecule has 0 radical (unpaired) electrons. The molecule has 1 aromatic carbocycles. The Morgan fingerprint density at radius 3 is 2.84 bits per heavy atom. The number of nitrogens with one attached hydrogen (secondary N) is 1. The van der Waals surface area contributed by atoms with Gasteiger partial charge in [-0.3, -0.25) is 5.10 Å². The zero-order valence-corrected chi connectivity index (χ0v) is 13.6. The van der Waals surface area contributed by atoms with E-state index in [9.17, 15) is 5.26 Å². The second kappa shape index (κ2) is 6.69. The van der Waals surface area contributed by atoms with E-state index >= 15 is 0 Å². The number of rotatable bonds is 3. The molecule has 1 aliphatic heterocycles. The van der Waals surface area contributed by atoms with E-state index in [1.165, 1.54) is 0 Å². The van der Waals surface area contributed by atoms with Crippen molar-refractivity contribution in [3.05, 3.63) is 54.2 Å². The number of nitrogens with zero attached hydrogens (tertiary/aromatic N) is 6. The van der Waals surface area contributed by atoms with Crippen LogP contribution < -0.4 is 4.90 Å². The van der Waals surface area contributed by atoms with Gasteiger partial charge in [-0.1, -0.05) is 30.3 Å². The Kier molecular flexibility index (Phi) is 4.09. The Morgan fingerprint density at radius 1 is 1.16 bits per heavy atom. The van der Waals surface area contributed by atoms with E-state index in [0.717, 1.165) is 37.3 Å². The average Bonchev–Trinajstić information content (AvgIpc) is 3.19. The summed E-state index contributed by atoms with van der Waals surface area (Å²) in [6, 6.07) is 12.1. The smallest absolute Gasteiger partial charge is 0.183 e. The SMILES string of the molecule is N#Cc1nccnc1N1CCC[C@@H](c2nc(-c3ccccc3)n[nH]2)C1. The van der Waals surface area contributed by atoms with Crippen LogP contribution in [0, 0.1) is 11.3 Å². The summed E-state index contributed by atoms with van der Waals surface area (Å²) in [4.78, 5) is 15.3. The first-order valence-electron chi connectivity index (χ1n) is 8.29. The minimum absolute atomic E-state index is 0.229. The molecule has 0 spiro atoms. The van der Waals surface area contributed by atoms with E-state index in [-0.39, 0.29) is 5.92 Å². The van der Waals surface area contributed by atoms with Crippen molar-refractivity contribution in [1.82, 2.24) is 25.1 Å². The summed E-state index contributed by atoms with van der Waals surface area (Å²) in [7, 11) is 0. The number of anilines is 1. The van der Waals surface area contributed by atoms with Crippen molar-refractivity contribution in [2.24, 2.45) is 0 Å². The normalized spacial score (nSPS) is 17.2. The van der Waals surface area contributed by atoms with E-state index in [4.69, 9.17) is 0 Å². The molecule has 7 nitrogen and oxygen atoms in total. The summed E-state index contributed by atoms with van der Waals surface area (Å²) in [6.07, 6.45) is 5.21. The van der Waals surface area contributed by atoms with Gasteiger partial charge in [0, 0.05) is 37.0 Å². The molecule has 124 valence electrons. The average molecular weight is 331 g/mol. The zero-order valence-electron chi connectivity index (χ0n) is 13.6. The quantitative estimate of drug-likeness (QED) is 0.792. The van der Waals surface area contributed by atoms with E-state index in [2.05, 4.69) is 36.1 Å². The molecular formula is C18H17N7. The van der Waals surface area contributed by atoms with E-state index in [0.29, 0.717) is 17.3 Å². The molecule has 0 aliphatic carbocycles. The number of aromatic amines is 1. The van der Waals surface area contributed by atoms with Crippen molar-refractivity contribution in [3.8, 4) is 17.5 Å². The van der Waals surface area contributed by atoms with Gasteiger partial charge in [0.15, 0.2) is 17.3 Å². The van der Waals surface area contributed by atoms with E-state index < -0.39 is 0 Å². The lowest BCUT2D eigenvalue weighted by molar-refractivity contribution is 0.489. The molecule has 0 unspecified atom stereocenters. The molecule has 3 aromatic rings. The number of aromatic nitrogens is 5. The van der Waals surface area contributed by atoms with Crippen LogP contribution in [0.2, 0.25) is 0 Å². The van der Waals surface area contributed by atoms with E-state index in [1.807, 2.05) is 30.3 Å². The first kappa shape index (κ1) is 15.3. The van der Waals surface area contributed by atoms with Crippen LogP contribution in [-0.4, -0.2) is 38.2 Å². The highest BCUT2D eigenvalue weighted by molar-refractivity contribution is 5.54. The molecule has 4 rings (SSSR count). The van der Waals surface area contributed by atoms with Crippen LogP contribution in [0.4, 0.5) is 5.82 Å². The molecule has 2 aromatic heterocycles. The summed E-state index contributed by atoms with van der Waals surface area (Å²) < 4.78 is 0. The molecule has 7 heteroatoms. The van der Waals surface area contributed by atoms with Crippen LogP contribution in [0.25, 0.3) is 11.4 Å². The predicted octanol–water partition coefficient (Wildman–Crippen LogP) is 2.52. The molecule has 1 fully saturated rings. The van der Waals surface area contributed by atoms with Crippen molar-refractivity contribution in [1.29, 1.82) is 5.26 Å². The number of benzene rings is 1. The highest BCUT2D eigenvalue weighted by atomic mass is 15.2. The second-order valence-corrected chi connectivity index (χ2v) is 6.04. The number of hydrogen-bond donors (Lipinski definition) is 1. The van der Waals surface area contributed by atoms with Gasteiger partial charge in [-0.25, -0.2) is 15.0 Å². The minimum atomic E-state index is 0.229. The Morgan fingerprint density at radius 2 is 2.00 bits per heavy atom. The van der Waals surface area contributed by atoms with Crippen molar-refractivity contribution in [2.45, 2.75) is 18.8 Å². The molecular weight excluding hydrogens is 314 g/mol. The lowest BCUT2D eigenvalue weighted by atomic mass is 9.97. The Balaban J connectivity index is 1.56. The molecule has 1 aliphatic rings. The van der Waals surface area contributed by atoms with Crippen LogP contribution in [0.3, 0.4) is 0 Å². The predicted molar refractivity (Wildman–Crippen MR) is 92.8 cm³/mol. The molecule has 0 amide bonds. The van der Waals surface area contributed by atoms with Crippen molar-refractivity contribution < 1.29 is 0 Å². The van der Waals surface area contributed by atoms with Gasteiger partial charge >= 0.3 is 0 Å². The zero-order chi connectivity index (χ0) is 17.1. The van der Waals surface area contributed by atoms with Crippen LogP contribution >= 0.6 is 0 Å². The number of nitriles is 1.